The number of anilines is 1. The summed E-state index contributed by atoms with van der Waals surface area (Å²) in [7, 11) is 0. The van der Waals surface area contributed by atoms with Crippen LogP contribution in [-0.4, -0.2) is 51.1 Å². The summed E-state index contributed by atoms with van der Waals surface area (Å²) in [5.74, 6) is -2.71. The van der Waals surface area contributed by atoms with Crippen molar-refractivity contribution in [3.8, 4) is 11.1 Å². The molecule has 1 fully saturated rings. The van der Waals surface area contributed by atoms with Crippen molar-refractivity contribution in [3.05, 3.63) is 88.6 Å². The van der Waals surface area contributed by atoms with E-state index in [1.54, 1.807) is 41.0 Å². The third-order valence-corrected chi connectivity index (χ3v) is 8.31. The van der Waals surface area contributed by atoms with Crippen molar-refractivity contribution in [2.24, 2.45) is 16.7 Å². The number of nitrogens with one attached hydrogen (secondary N) is 1. The zero-order valence-electron chi connectivity index (χ0n) is 24.2. The van der Waals surface area contributed by atoms with Crippen LogP contribution in [-0.2, 0) is 11.3 Å². The van der Waals surface area contributed by atoms with Crippen LogP contribution in [0.4, 0.5) is 14.5 Å². The molecule has 43 heavy (non-hydrogen) atoms. The van der Waals surface area contributed by atoms with Gasteiger partial charge in [0.1, 0.15) is 11.6 Å². The number of benzene rings is 3. The first-order valence-corrected chi connectivity index (χ1v) is 14.5. The number of rotatable bonds is 7. The number of aromatic carboxylic acids is 1. The maximum atomic E-state index is 14.1. The molecule has 1 aliphatic rings. The Morgan fingerprint density at radius 3 is 2.21 bits per heavy atom. The van der Waals surface area contributed by atoms with E-state index in [-0.39, 0.29) is 76.6 Å². The van der Waals surface area contributed by atoms with Gasteiger partial charge in [0.05, 0.1) is 11.2 Å². The number of amides is 1. The number of fused-ring (bicyclic) bond motifs is 1. The van der Waals surface area contributed by atoms with Gasteiger partial charge < -0.3 is 15.0 Å². The molecule has 5 nitrogen and oxygen atoms in total. The second-order valence-corrected chi connectivity index (χ2v) is 13.6. The minimum atomic E-state index is -1.21. The molecule has 1 aromatic heterocycles. The molecule has 0 saturated heterocycles. The molecule has 3 aromatic carbocycles. The van der Waals surface area contributed by atoms with Gasteiger partial charge in [-0.1, -0.05) is 63.6 Å². The van der Waals surface area contributed by atoms with E-state index in [0.717, 1.165) is 30.9 Å². The van der Waals surface area contributed by atoms with Crippen LogP contribution >= 0.6 is 11.6 Å². The number of carbonyl (C=O) groups is 2. The third kappa shape index (κ3) is 7.69. The second-order valence-electron chi connectivity index (χ2n) is 13.2. The molecule has 2 N–H and O–H groups in total. The van der Waals surface area contributed by atoms with E-state index < -0.39 is 17.6 Å². The third-order valence-electron chi connectivity index (χ3n) is 8.07. The van der Waals surface area contributed by atoms with Crippen molar-refractivity contribution in [2.75, 3.05) is 5.32 Å². The Hall–Kier alpha value is -2.71. The first-order chi connectivity index (χ1) is 19.7. The summed E-state index contributed by atoms with van der Waals surface area (Å²) in [6, 6.07) is 15.4. The molecule has 0 spiro atoms. The second kappa shape index (κ2) is 12.7. The number of hydrogen-bond acceptors (Lipinski definition) is 2. The number of aromatic nitrogens is 1. The molecule has 9 heteroatoms. The molecule has 0 bridgehead atoms. The molecule has 1 heterocycles. The Balaban J connectivity index is 0.00000423. The number of carbonyl (C=O) groups excluding carboxylic acids is 1. The Bertz CT molecular complexity index is 1660. The molecule has 0 unspecified atom stereocenters. The molecule has 4 aromatic rings. The number of hydrogen-bond donors (Lipinski definition) is 2. The predicted molar refractivity (Wildman–Crippen MR) is 170 cm³/mol. The van der Waals surface area contributed by atoms with E-state index in [1.807, 2.05) is 6.07 Å². The number of carboxylic acids is 1. The van der Waals surface area contributed by atoms with E-state index in [1.165, 1.54) is 12.1 Å². The van der Waals surface area contributed by atoms with Crippen molar-refractivity contribution in [2.45, 2.75) is 59.9 Å². The van der Waals surface area contributed by atoms with Gasteiger partial charge in [0.2, 0.25) is 5.91 Å². The number of nitrogens with zero attached hydrogens (tertiary/aromatic N) is 1. The van der Waals surface area contributed by atoms with Crippen molar-refractivity contribution < 1.29 is 23.5 Å². The fraction of sp³-hybridized carbons (Fsp3) is 0.353. The summed E-state index contributed by atoms with van der Waals surface area (Å²) in [5.41, 5.74) is 2.43. The molecule has 1 aliphatic carbocycles. The van der Waals surface area contributed by atoms with Gasteiger partial charge in [0, 0.05) is 29.4 Å². The van der Waals surface area contributed by atoms with Gasteiger partial charge in [-0.3, -0.25) is 4.79 Å². The van der Waals surface area contributed by atoms with Crippen LogP contribution in [0.1, 0.15) is 69.4 Å². The van der Waals surface area contributed by atoms with Crippen LogP contribution in [0.15, 0.2) is 60.7 Å². The van der Waals surface area contributed by atoms with Gasteiger partial charge in [-0.2, -0.15) is 0 Å². The molecule has 1 saturated carbocycles. The average molecular weight is 617 g/mol. The zero-order valence-corrected chi connectivity index (χ0v) is 25.0. The predicted octanol–water partition coefficient (Wildman–Crippen LogP) is 8.52. The first-order valence-electron chi connectivity index (χ1n) is 14.1. The zero-order chi connectivity index (χ0) is 30.4. The van der Waals surface area contributed by atoms with Crippen LogP contribution in [0.3, 0.4) is 0 Å². The average Bonchev–Trinajstić information content (AvgIpc) is 3.13. The molecular formula is C34H36ClF2N2NaO3. The normalized spacial score (nSPS) is 16.1. The molecule has 1 amide bonds. The van der Waals surface area contributed by atoms with Crippen molar-refractivity contribution in [3.63, 3.8) is 0 Å². The number of halogens is 3. The van der Waals surface area contributed by atoms with E-state index in [4.69, 9.17) is 11.6 Å². The molecule has 222 valence electrons. The van der Waals surface area contributed by atoms with Crippen molar-refractivity contribution >= 4 is 69.6 Å². The first kappa shape index (κ1) is 33.2. The van der Waals surface area contributed by atoms with Crippen LogP contribution in [0.5, 0.6) is 0 Å². The van der Waals surface area contributed by atoms with Gasteiger partial charge in [0.15, 0.2) is 5.69 Å². The van der Waals surface area contributed by atoms with E-state index in [9.17, 15) is 23.5 Å². The Morgan fingerprint density at radius 1 is 0.953 bits per heavy atom. The molecule has 0 aliphatic heterocycles. The minimum absolute atomic E-state index is 0. The fourth-order valence-electron chi connectivity index (χ4n) is 7.25. The van der Waals surface area contributed by atoms with Gasteiger partial charge in [-0.05, 0) is 83.0 Å². The summed E-state index contributed by atoms with van der Waals surface area (Å²) >= 11 is 6.22. The molecular weight excluding hydrogens is 581 g/mol. The Labute approximate surface area is 277 Å². The van der Waals surface area contributed by atoms with Crippen LogP contribution in [0.2, 0.25) is 5.02 Å². The van der Waals surface area contributed by atoms with Gasteiger partial charge >= 0.3 is 35.5 Å². The summed E-state index contributed by atoms with van der Waals surface area (Å²) in [6.45, 7) is 9.07. The van der Waals surface area contributed by atoms with Crippen LogP contribution in [0, 0.1) is 28.4 Å². The molecule has 5 rings (SSSR count). The number of carboxylic acid groups (broad SMARTS) is 1. The van der Waals surface area contributed by atoms with Gasteiger partial charge in [-0.25, -0.2) is 13.6 Å². The fourth-order valence-corrected chi connectivity index (χ4v) is 7.47. The Kier molecular flexibility index (Phi) is 9.82. The van der Waals surface area contributed by atoms with Crippen LogP contribution < -0.4 is 5.32 Å². The van der Waals surface area contributed by atoms with Crippen molar-refractivity contribution in [1.82, 2.24) is 4.57 Å². The van der Waals surface area contributed by atoms with Gasteiger partial charge in [0.25, 0.3) is 0 Å². The van der Waals surface area contributed by atoms with E-state index in [0.29, 0.717) is 27.1 Å². The van der Waals surface area contributed by atoms with Crippen molar-refractivity contribution in [1.29, 1.82) is 0 Å². The quantitative estimate of drug-likeness (QED) is 0.205. The molecule has 0 atom stereocenters. The maximum absolute atomic E-state index is 14.1. The Morgan fingerprint density at radius 2 is 1.60 bits per heavy atom. The van der Waals surface area contributed by atoms with E-state index in [2.05, 4.69) is 33.0 Å². The van der Waals surface area contributed by atoms with Gasteiger partial charge in [-0.15, -0.1) is 0 Å². The van der Waals surface area contributed by atoms with E-state index >= 15 is 0 Å². The summed E-state index contributed by atoms with van der Waals surface area (Å²) in [6.07, 6.45) is 3.20. The SMILES string of the molecule is CC1(C)CC(CC(=O)Nc2c(C(=O)O)n(Cc3cccc(Cl)c3)c3cc(-c4cc(F)cc(F)c4)ccc23)CC(C)(C)C1.[NaH]. The summed E-state index contributed by atoms with van der Waals surface area (Å²) < 4.78 is 29.7. The summed E-state index contributed by atoms with van der Waals surface area (Å²) in [5, 5.41) is 14.4. The monoisotopic (exact) mass is 616 g/mol. The van der Waals surface area contributed by atoms with Crippen LogP contribution in [0.25, 0.3) is 22.0 Å². The standard InChI is InChI=1S/C34H35ClF2N2O3.Na.H/c1-33(2)16-21(17-34(3,4)19-33)11-29(40)38-30-27-9-8-22(23-12-25(36)15-26(37)13-23)14-28(27)39(31(30)32(41)42)18-20-6-5-7-24(35)10-20;;/h5-10,12-15,21H,11,16-19H2,1-4H3,(H,38,40)(H,41,42);;. The molecule has 0 radical (unpaired) electrons. The topological polar surface area (TPSA) is 71.3 Å². The summed E-state index contributed by atoms with van der Waals surface area (Å²) in [4.78, 5) is 26.2.